The van der Waals surface area contributed by atoms with E-state index in [0.717, 1.165) is 11.1 Å². The molecule has 0 radical (unpaired) electrons. The standard InChI is InChI=1S/C18H18N2O4/c1-20-14-8-9-24-16(14)11-15(20)17(21)19-13(18(22)23-2)10-12-6-4-3-5-7-12/h3-9,11,13H,10H2,1-2H3,(H,19,21)/t13-/m0/s1. The minimum absolute atomic E-state index is 0.352. The molecule has 0 spiro atoms. The topological polar surface area (TPSA) is 73.5 Å². The van der Waals surface area contributed by atoms with Gasteiger partial charge < -0.3 is 19.0 Å². The monoisotopic (exact) mass is 326 g/mol. The van der Waals surface area contributed by atoms with E-state index in [1.54, 1.807) is 30.0 Å². The van der Waals surface area contributed by atoms with E-state index in [0.29, 0.717) is 17.7 Å². The highest BCUT2D eigenvalue weighted by molar-refractivity contribution is 5.99. The van der Waals surface area contributed by atoms with E-state index in [4.69, 9.17) is 9.15 Å². The molecule has 6 heteroatoms. The van der Waals surface area contributed by atoms with Crippen LogP contribution in [0.25, 0.3) is 11.1 Å². The van der Waals surface area contributed by atoms with Crippen LogP contribution in [0.1, 0.15) is 16.1 Å². The van der Waals surface area contributed by atoms with E-state index in [2.05, 4.69) is 5.32 Å². The van der Waals surface area contributed by atoms with Crippen molar-refractivity contribution in [1.29, 1.82) is 0 Å². The molecular formula is C18H18N2O4. The summed E-state index contributed by atoms with van der Waals surface area (Å²) in [5.41, 5.74) is 2.80. The van der Waals surface area contributed by atoms with Gasteiger partial charge in [0.2, 0.25) is 0 Å². The number of nitrogens with zero attached hydrogens (tertiary/aromatic N) is 1. The predicted octanol–water partition coefficient (Wildman–Crippen LogP) is 2.29. The summed E-state index contributed by atoms with van der Waals surface area (Å²) in [6.07, 6.45) is 1.93. The first-order chi connectivity index (χ1) is 11.6. The van der Waals surface area contributed by atoms with Crippen molar-refractivity contribution in [3.05, 3.63) is 60.0 Å². The maximum atomic E-state index is 12.6. The third-order valence-corrected chi connectivity index (χ3v) is 3.97. The number of aromatic nitrogens is 1. The van der Waals surface area contributed by atoms with Gasteiger partial charge in [-0.3, -0.25) is 4.79 Å². The Morgan fingerprint density at radius 2 is 2.00 bits per heavy atom. The summed E-state index contributed by atoms with van der Waals surface area (Å²) in [7, 11) is 3.08. The number of esters is 1. The lowest BCUT2D eigenvalue weighted by atomic mass is 10.1. The van der Waals surface area contributed by atoms with E-state index in [-0.39, 0.29) is 5.91 Å². The van der Waals surface area contributed by atoms with Crippen LogP contribution >= 0.6 is 0 Å². The zero-order valence-corrected chi connectivity index (χ0v) is 13.5. The lowest BCUT2D eigenvalue weighted by Gasteiger charge is -2.17. The highest BCUT2D eigenvalue weighted by Gasteiger charge is 2.24. The number of benzene rings is 1. The summed E-state index contributed by atoms with van der Waals surface area (Å²) in [6.45, 7) is 0. The molecule has 0 unspecified atom stereocenters. The number of methoxy groups -OCH3 is 1. The largest absolute Gasteiger partial charge is 0.467 e. The Labute approximate surface area is 139 Å². The lowest BCUT2D eigenvalue weighted by Crippen LogP contribution is -2.43. The number of fused-ring (bicyclic) bond motifs is 1. The maximum Gasteiger partial charge on any atom is 0.328 e. The number of carbonyl (C=O) groups excluding carboxylic acids is 2. The minimum atomic E-state index is -0.758. The number of amides is 1. The highest BCUT2D eigenvalue weighted by Crippen LogP contribution is 2.19. The number of carbonyl (C=O) groups is 2. The second-order valence-corrected chi connectivity index (χ2v) is 5.50. The van der Waals surface area contributed by atoms with Crippen molar-refractivity contribution in [2.45, 2.75) is 12.5 Å². The Kier molecular flexibility index (Phi) is 4.37. The number of rotatable bonds is 5. The molecule has 0 saturated heterocycles. The molecule has 0 fully saturated rings. The van der Waals surface area contributed by atoms with Crippen LogP contribution < -0.4 is 5.32 Å². The molecule has 3 rings (SSSR count). The number of furan rings is 1. The van der Waals surface area contributed by atoms with Gasteiger partial charge in [0.05, 0.1) is 18.9 Å². The van der Waals surface area contributed by atoms with Gasteiger partial charge in [-0.25, -0.2) is 4.79 Å². The van der Waals surface area contributed by atoms with Crippen molar-refractivity contribution in [3.8, 4) is 0 Å². The first-order valence-electron chi connectivity index (χ1n) is 7.55. The molecule has 0 bridgehead atoms. The normalized spacial score (nSPS) is 12.1. The van der Waals surface area contributed by atoms with Crippen molar-refractivity contribution in [3.63, 3.8) is 0 Å². The molecule has 0 aliphatic heterocycles. The number of ether oxygens (including phenoxy) is 1. The van der Waals surface area contributed by atoms with Crippen LogP contribution in [0.3, 0.4) is 0 Å². The van der Waals surface area contributed by atoms with Crippen molar-refractivity contribution in [1.82, 2.24) is 9.88 Å². The second kappa shape index (κ2) is 6.62. The molecule has 124 valence electrons. The van der Waals surface area contributed by atoms with Crippen LogP contribution in [0.5, 0.6) is 0 Å². The summed E-state index contributed by atoms with van der Waals surface area (Å²) in [6, 6.07) is 12.2. The van der Waals surface area contributed by atoms with Crippen LogP contribution in [-0.2, 0) is 23.0 Å². The lowest BCUT2D eigenvalue weighted by molar-refractivity contribution is -0.142. The molecule has 24 heavy (non-hydrogen) atoms. The van der Waals surface area contributed by atoms with Crippen molar-refractivity contribution in [2.24, 2.45) is 7.05 Å². The zero-order valence-electron chi connectivity index (χ0n) is 13.5. The zero-order chi connectivity index (χ0) is 17.1. The van der Waals surface area contributed by atoms with E-state index in [1.807, 2.05) is 30.3 Å². The molecule has 0 aliphatic rings. The van der Waals surface area contributed by atoms with Crippen LogP contribution in [0.4, 0.5) is 0 Å². The van der Waals surface area contributed by atoms with Crippen LogP contribution in [0.15, 0.2) is 53.1 Å². The van der Waals surface area contributed by atoms with Crippen LogP contribution in [0, 0.1) is 0 Å². The molecule has 1 atom stereocenters. The average molecular weight is 326 g/mol. The molecule has 0 aliphatic carbocycles. The third-order valence-electron chi connectivity index (χ3n) is 3.97. The average Bonchev–Trinajstić information content (AvgIpc) is 3.17. The van der Waals surface area contributed by atoms with Gasteiger partial charge in [0.1, 0.15) is 11.7 Å². The molecule has 1 N–H and O–H groups in total. The fourth-order valence-corrected chi connectivity index (χ4v) is 2.69. The Morgan fingerprint density at radius 1 is 1.25 bits per heavy atom. The fraction of sp³-hybridized carbons (Fsp3) is 0.222. The summed E-state index contributed by atoms with van der Waals surface area (Å²) in [4.78, 5) is 24.6. The van der Waals surface area contributed by atoms with Gasteiger partial charge in [0.25, 0.3) is 5.91 Å². The Balaban J connectivity index is 1.81. The van der Waals surface area contributed by atoms with E-state index < -0.39 is 12.0 Å². The molecule has 0 saturated carbocycles. The summed E-state index contributed by atoms with van der Waals surface area (Å²) >= 11 is 0. The summed E-state index contributed by atoms with van der Waals surface area (Å²) in [5, 5.41) is 2.75. The molecule has 2 aromatic heterocycles. The predicted molar refractivity (Wildman–Crippen MR) is 88.6 cm³/mol. The van der Waals surface area contributed by atoms with Crippen molar-refractivity contribution >= 4 is 23.0 Å². The SMILES string of the molecule is COC(=O)[C@H](Cc1ccccc1)NC(=O)c1cc2occc2n1C. The third kappa shape index (κ3) is 3.03. The fourth-order valence-electron chi connectivity index (χ4n) is 2.69. The Morgan fingerprint density at radius 3 is 2.67 bits per heavy atom. The van der Waals surface area contributed by atoms with E-state index in [1.165, 1.54) is 7.11 Å². The molecule has 2 heterocycles. The van der Waals surface area contributed by atoms with Gasteiger partial charge in [-0.15, -0.1) is 0 Å². The first-order valence-corrected chi connectivity index (χ1v) is 7.55. The molecule has 1 aromatic carbocycles. The number of hydrogen-bond donors (Lipinski definition) is 1. The van der Waals surface area contributed by atoms with Gasteiger partial charge in [0.15, 0.2) is 5.58 Å². The molecule has 1 amide bonds. The van der Waals surface area contributed by atoms with Gasteiger partial charge in [0, 0.05) is 25.6 Å². The van der Waals surface area contributed by atoms with E-state index >= 15 is 0 Å². The first kappa shape index (κ1) is 15.9. The number of nitrogens with one attached hydrogen (secondary N) is 1. The maximum absolute atomic E-state index is 12.6. The second-order valence-electron chi connectivity index (χ2n) is 5.50. The smallest absolute Gasteiger partial charge is 0.328 e. The summed E-state index contributed by atoms with van der Waals surface area (Å²) in [5.74, 6) is -0.833. The number of hydrogen-bond acceptors (Lipinski definition) is 4. The summed E-state index contributed by atoms with van der Waals surface area (Å²) < 4.78 is 11.9. The molecular weight excluding hydrogens is 308 g/mol. The van der Waals surface area contributed by atoms with Crippen LogP contribution in [-0.4, -0.2) is 29.6 Å². The molecule has 6 nitrogen and oxygen atoms in total. The minimum Gasteiger partial charge on any atom is -0.467 e. The Bertz CT molecular complexity index is 864. The van der Waals surface area contributed by atoms with Crippen LogP contribution in [0.2, 0.25) is 0 Å². The van der Waals surface area contributed by atoms with Gasteiger partial charge in [-0.1, -0.05) is 30.3 Å². The Hall–Kier alpha value is -3.02. The number of aryl methyl sites for hydroxylation is 1. The molecule has 3 aromatic rings. The highest BCUT2D eigenvalue weighted by atomic mass is 16.5. The quantitative estimate of drug-likeness (QED) is 0.730. The van der Waals surface area contributed by atoms with E-state index in [9.17, 15) is 9.59 Å². The van der Waals surface area contributed by atoms with Gasteiger partial charge in [-0.05, 0) is 5.56 Å². The van der Waals surface area contributed by atoms with Gasteiger partial charge >= 0.3 is 5.97 Å². The van der Waals surface area contributed by atoms with Gasteiger partial charge in [-0.2, -0.15) is 0 Å². The van der Waals surface area contributed by atoms with Crippen molar-refractivity contribution in [2.75, 3.05) is 7.11 Å². The van der Waals surface area contributed by atoms with Crippen molar-refractivity contribution < 1.29 is 18.7 Å².